The van der Waals surface area contributed by atoms with E-state index in [-0.39, 0.29) is 18.6 Å². The number of rotatable bonds is 4. The van der Waals surface area contributed by atoms with Crippen molar-refractivity contribution in [2.24, 2.45) is 0 Å². The van der Waals surface area contributed by atoms with Gasteiger partial charge in [0.05, 0.1) is 17.1 Å². The van der Waals surface area contributed by atoms with Crippen LogP contribution in [0.3, 0.4) is 0 Å². The number of nitrogens with zero attached hydrogens (tertiary/aromatic N) is 2. The minimum absolute atomic E-state index is 0.0452. The molecule has 0 spiro atoms. The van der Waals surface area contributed by atoms with E-state index in [1.807, 2.05) is 0 Å². The lowest BCUT2D eigenvalue weighted by molar-refractivity contribution is -0.385. The summed E-state index contributed by atoms with van der Waals surface area (Å²) in [6, 6.07) is 1.39. The van der Waals surface area contributed by atoms with Gasteiger partial charge in [0.25, 0.3) is 12.4 Å². The van der Waals surface area contributed by atoms with E-state index >= 15 is 0 Å². The second kappa shape index (κ2) is 6.43. The van der Waals surface area contributed by atoms with Crippen molar-refractivity contribution in [1.29, 1.82) is 5.26 Å². The molecule has 0 aromatic heterocycles. The highest BCUT2D eigenvalue weighted by Crippen LogP contribution is 2.31. The van der Waals surface area contributed by atoms with Crippen LogP contribution in [0.2, 0.25) is 12.6 Å². The summed E-state index contributed by atoms with van der Waals surface area (Å²) in [6.45, 7) is -0.0452. The maximum absolute atomic E-state index is 13.9. The van der Waals surface area contributed by atoms with Crippen LogP contribution in [0.5, 0.6) is 5.75 Å². The Morgan fingerprint density at radius 2 is 2.14 bits per heavy atom. The van der Waals surface area contributed by atoms with Crippen molar-refractivity contribution in [3.63, 3.8) is 0 Å². The third-order valence-electron chi connectivity index (χ3n) is 3.63. The molecule has 114 valence electrons. The molecule has 1 saturated heterocycles. The van der Waals surface area contributed by atoms with E-state index in [2.05, 4.69) is 5.97 Å². The van der Waals surface area contributed by atoms with Crippen molar-refractivity contribution in [3.8, 4) is 11.7 Å². The molecule has 1 aliphatic rings. The molecule has 1 fully saturated rings. The summed E-state index contributed by atoms with van der Waals surface area (Å²) < 4.78 is 19.3. The topological polar surface area (TPSA) is 113 Å². The third-order valence-corrected chi connectivity index (χ3v) is 3.63. The van der Waals surface area contributed by atoms with E-state index in [4.69, 9.17) is 15.1 Å². The number of carboxylic acids is 1. The van der Waals surface area contributed by atoms with Crippen LogP contribution in [-0.4, -0.2) is 28.8 Å². The largest absolute Gasteiger partial charge is 0.487 e. The monoisotopic (exact) mass is 306 g/mol. The van der Waals surface area contributed by atoms with Crippen molar-refractivity contribution in [2.75, 3.05) is 0 Å². The van der Waals surface area contributed by atoms with E-state index in [0.29, 0.717) is 31.5 Å². The predicted octanol–water partition coefficient (Wildman–Crippen LogP) is 2.53. The molecular weight excluding hydrogens is 294 g/mol. The Morgan fingerprint density at radius 1 is 1.50 bits per heavy atom. The maximum Gasteiger partial charge on any atom is 0.342 e. The fourth-order valence-electron chi connectivity index (χ4n) is 2.44. The summed E-state index contributed by atoms with van der Waals surface area (Å²) in [6.07, 6.45) is 2.03. The van der Waals surface area contributed by atoms with Crippen LogP contribution >= 0.6 is 0 Å². The average molecular weight is 306 g/mol. The Labute approximate surface area is 125 Å². The van der Waals surface area contributed by atoms with Crippen molar-refractivity contribution in [2.45, 2.75) is 31.6 Å². The van der Waals surface area contributed by atoms with Crippen LogP contribution in [0, 0.1) is 27.2 Å². The molecule has 1 N–H and O–H groups in total. The van der Waals surface area contributed by atoms with Gasteiger partial charge < -0.3 is 9.84 Å². The number of nitriles is 1. The van der Waals surface area contributed by atoms with Crippen molar-refractivity contribution >= 4 is 18.4 Å². The predicted molar refractivity (Wildman–Crippen MR) is 74.6 cm³/mol. The van der Waals surface area contributed by atoms with Crippen LogP contribution in [0.25, 0.3) is 0 Å². The van der Waals surface area contributed by atoms with Crippen LogP contribution in [0.4, 0.5) is 10.1 Å². The van der Waals surface area contributed by atoms with Gasteiger partial charge >= 0.3 is 5.97 Å². The third kappa shape index (κ3) is 3.34. The smallest absolute Gasteiger partial charge is 0.342 e. The molecule has 1 aromatic rings. The standard InChI is InChI=1S/C13H12BFN2O5/c15-10-6-11(17(20)21)9(13(18)19)5-12(10)22-8-1-3-14(7-16)4-2-8/h5-6,8H,1-4H2,(H,18,19). The number of aromatic carboxylic acids is 1. The number of carbonyl (C=O) groups is 1. The van der Waals surface area contributed by atoms with Crippen molar-refractivity contribution in [1.82, 2.24) is 0 Å². The van der Waals surface area contributed by atoms with Gasteiger partial charge in [0.15, 0.2) is 11.6 Å². The zero-order valence-electron chi connectivity index (χ0n) is 11.5. The van der Waals surface area contributed by atoms with Crippen LogP contribution < -0.4 is 4.74 Å². The Bertz CT molecular complexity index is 653. The Hall–Kier alpha value is -2.63. The lowest BCUT2D eigenvalue weighted by atomic mass is 9.42. The van der Waals surface area contributed by atoms with E-state index in [0.717, 1.165) is 6.07 Å². The second-order valence-electron chi connectivity index (χ2n) is 5.08. The van der Waals surface area contributed by atoms with Gasteiger partial charge in [-0.05, 0) is 12.8 Å². The molecule has 1 aromatic carbocycles. The van der Waals surface area contributed by atoms with Gasteiger partial charge in [-0.3, -0.25) is 10.1 Å². The van der Waals surface area contributed by atoms with Gasteiger partial charge in [0.2, 0.25) is 0 Å². The van der Waals surface area contributed by atoms with Gasteiger partial charge in [-0.15, -0.1) is 0 Å². The zero-order valence-corrected chi connectivity index (χ0v) is 11.5. The minimum Gasteiger partial charge on any atom is -0.487 e. The first-order valence-electron chi connectivity index (χ1n) is 6.70. The Morgan fingerprint density at radius 3 is 2.64 bits per heavy atom. The highest BCUT2D eigenvalue weighted by molar-refractivity contribution is 6.67. The van der Waals surface area contributed by atoms with Crippen LogP contribution in [0.1, 0.15) is 23.2 Å². The number of nitro benzene ring substituents is 1. The van der Waals surface area contributed by atoms with Gasteiger partial charge in [-0.2, -0.15) is 0 Å². The first-order valence-corrected chi connectivity index (χ1v) is 6.70. The summed E-state index contributed by atoms with van der Waals surface area (Å²) in [5, 5.41) is 28.5. The highest BCUT2D eigenvalue weighted by atomic mass is 19.1. The Balaban J connectivity index is 2.22. The van der Waals surface area contributed by atoms with Gasteiger partial charge in [0.1, 0.15) is 5.56 Å². The minimum atomic E-state index is -1.52. The van der Waals surface area contributed by atoms with Gasteiger partial charge in [-0.25, -0.2) is 14.4 Å². The zero-order chi connectivity index (χ0) is 16.3. The summed E-state index contributed by atoms with van der Waals surface area (Å²) in [7, 11) is 0. The first kappa shape index (κ1) is 15.8. The SMILES string of the molecule is N#CB1CCC(Oc2cc(C(=O)O)c([N+](=O)[O-])cc2F)CC1. The van der Waals surface area contributed by atoms with Crippen LogP contribution in [-0.2, 0) is 0 Å². The number of hydrogen-bond acceptors (Lipinski definition) is 5. The fourth-order valence-corrected chi connectivity index (χ4v) is 2.44. The number of benzene rings is 1. The molecule has 0 aliphatic carbocycles. The normalized spacial score (nSPS) is 15.2. The Kier molecular flexibility index (Phi) is 4.60. The molecule has 0 atom stereocenters. The maximum atomic E-state index is 13.9. The lowest BCUT2D eigenvalue weighted by Crippen LogP contribution is -2.27. The highest BCUT2D eigenvalue weighted by Gasteiger charge is 2.28. The molecule has 2 rings (SSSR count). The molecule has 7 nitrogen and oxygen atoms in total. The lowest BCUT2D eigenvalue weighted by Gasteiger charge is -2.24. The molecule has 0 saturated carbocycles. The van der Waals surface area contributed by atoms with E-state index in [1.54, 1.807) is 0 Å². The summed E-state index contributed by atoms with van der Waals surface area (Å²) in [5.41, 5.74) is -1.43. The average Bonchev–Trinajstić information content (AvgIpc) is 2.49. The number of hydrogen-bond donors (Lipinski definition) is 1. The van der Waals surface area contributed by atoms with Crippen molar-refractivity contribution in [3.05, 3.63) is 33.6 Å². The second-order valence-corrected chi connectivity index (χ2v) is 5.08. The molecule has 0 bridgehead atoms. The number of halogens is 1. The molecule has 9 heteroatoms. The summed E-state index contributed by atoms with van der Waals surface area (Å²) >= 11 is 0. The molecule has 0 radical (unpaired) electrons. The van der Waals surface area contributed by atoms with E-state index in [1.165, 1.54) is 0 Å². The number of ether oxygens (including phenoxy) is 1. The molecule has 1 heterocycles. The summed E-state index contributed by atoms with van der Waals surface area (Å²) in [5.74, 6) is -0.651. The fraction of sp³-hybridized carbons (Fsp3) is 0.385. The molecule has 1 aliphatic heterocycles. The molecule has 0 amide bonds. The van der Waals surface area contributed by atoms with Gasteiger partial charge in [0, 0.05) is 12.0 Å². The first-order chi connectivity index (χ1) is 10.4. The van der Waals surface area contributed by atoms with E-state index in [9.17, 15) is 19.3 Å². The number of nitro groups is 1. The molecule has 0 unspecified atom stereocenters. The quantitative estimate of drug-likeness (QED) is 0.519. The van der Waals surface area contributed by atoms with Gasteiger partial charge in [-0.1, -0.05) is 12.6 Å². The summed E-state index contributed by atoms with van der Waals surface area (Å²) in [4.78, 5) is 20.8. The van der Waals surface area contributed by atoms with E-state index < -0.39 is 28.0 Å². The van der Waals surface area contributed by atoms with Crippen molar-refractivity contribution < 1.29 is 24.0 Å². The number of carboxylic acid groups (broad SMARTS) is 1. The van der Waals surface area contributed by atoms with Crippen LogP contribution in [0.15, 0.2) is 12.1 Å². The molecule has 22 heavy (non-hydrogen) atoms. The molecular formula is C13H12BFN2O5.